The van der Waals surface area contributed by atoms with E-state index in [1.54, 1.807) is 23.5 Å². The molecule has 0 saturated heterocycles. The van der Waals surface area contributed by atoms with Crippen LogP contribution in [0.2, 0.25) is 0 Å². The maximum atomic E-state index is 13.3. The summed E-state index contributed by atoms with van der Waals surface area (Å²) >= 11 is 1.71. The SMILES string of the molecule is COc1ccc2c(c1OC)C(=O)N(C(C)C(C)(N)CCc1csc3ccccc13)C2=O. The quantitative estimate of drug-likeness (QED) is 0.558. The summed E-state index contributed by atoms with van der Waals surface area (Å²) in [6.45, 7) is 3.73. The van der Waals surface area contributed by atoms with E-state index in [9.17, 15) is 9.59 Å². The first-order valence-electron chi connectivity index (χ1n) is 10.2. The Morgan fingerprint density at radius 2 is 1.84 bits per heavy atom. The third kappa shape index (κ3) is 3.47. The second-order valence-corrected chi connectivity index (χ2v) is 9.05. The molecular formula is C24H26N2O4S. The number of amides is 2. The molecule has 0 aliphatic carbocycles. The normalized spacial score (nSPS) is 16.4. The van der Waals surface area contributed by atoms with E-state index >= 15 is 0 Å². The van der Waals surface area contributed by atoms with Crippen molar-refractivity contribution in [3.8, 4) is 11.5 Å². The summed E-state index contributed by atoms with van der Waals surface area (Å²) in [5, 5.41) is 3.39. The monoisotopic (exact) mass is 438 g/mol. The first-order chi connectivity index (χ1) is 14.8. The van der Waals surface area contributed by atoms with Crippen molar-refractivity contribution in [2.45, 2.75) is 38.3 Å². The molecule has 0 spiro atoms. The van der Waals surface area contributed by atoms with Gasteiger partial charge in [-0.2, -0.15) is 0 Å². The van der Waals surface area contributed by atoms with E-state index in [1.807, 2.05) is 26.0 Å². The van der Waals surface area contributed by atoms with Gasteiger partial charge in [0.2, 0.25) is 0 Å². The van der Waals surface area contributed by atoms with Gasteiger partial charge >= 0.3 is 0 Å². The number of carbonyl (C=O) groups excluding carboxylic acids is 2. The Hall–Kier alpha value is -2.90. The molecule has 2 aromatic carbocycles. The molecular weight excluding hydrogens is 412 g/mol. The number of carbonyl (C=O) groups is 2. The highest BCUT2D eigenvalue weighted by Gasteiger charge is 2.46. The third-order valence-electron chi connectivity index (χ3n) is 6.26. The van der Waals surface area contributed by atoms with Gasteiger partial charge in [-0.15, -0.1) is 11.3 Å². The molecule has 0 radical (unpaired) electrons. The first-order valence-corrected chi connectivity index (χ1v) is 11.0. The highest BCUT2D eigenvalue weighted by molar-refractivity contribution is 7.17. The largest absolute Gasteiger partial charge is 0.493 e. The van der Waals surface area contributed by atoms with E-state index in [2.05, 4.69) is 17.5 Å². The maximum absolute atomic E-state index is 13.3. The van der Waals surface area contributed by atoms with Crippen LogP contribution in [0.1, 0.15) is 46.5 Å². The van der Waals surface area contributed by atoms with Crippen molar-refractivity contribution in [2.75, 3.05) is 14.2 Å². The molecule has 7 heteroatoms. The number of nitrogens with two attached hydrogens (primary N) is 1. The summed E-state index contributed by atoms with van der Waals surface area (Å²) in [6, 6.07) is 11.0. The Morgan fingerprint density at radius 3 is 2.55 bits per heavy atom. The Bertz CT molecular complexity index is 1170. The molecule has 0 saturated carbocycles. The molecule has 1 aromatic heterocycles. The summed E-state index contributed by atoms with van der Waals surface area (Å²) in [5.41, 5.74) is 7.70. The summed E-state index contributed by atoms with van der Waals surface area (Å²) in [7, 11) is 2.96. The Kier molecular flexibility index (Phi) is 5.49. The predicted molar refractivity (Wildman–Crippen MR) is 122 cm³/mol. The number of rotatable bonds is 7. The van der Waals surface area contributed by atoms with E-state index in [1.165, 1.54) is 34.8 Å². The number of fused-ring (bicyclic) bond motifs is 2. The molecule has 2 unspecified atom stereocenters. The molecule has 0 fully saturated rings. The molecule has 1 aliphatic rings. The second-order valence-electron chi connectivity index (χ2n) is 8.14. The smallest absolute Gasteiger partial charge is 0.265 e. The standard InChI is InChI=1S/C24H26N2O4S/c1-14(24(2,25)12-11-15-13-31-19-8-6-5-7-16(15)19)26-22(27)17-9-10-18(29-3)21(30-4)20(17)23(26)28/h5-10,13-14H,11-12,25H2,1-4H3. The van der Waals surface area contributed by atoms with Crippen LogP contribution in [0, 0.1) is 0 Å². The van der Waals surface area contributed by atoms with Gasteiger partial charge in [-0.25, -0.2) is 0 Å². The molecule has 2 amide bonds. The molecule has 1 aliphatic heterocycles. The number of ether oxygens (including phenoxy) is 2. The van der Waals surface area contributed by atoms with Gasteiger partial charge < -0.3 is 15.2 Å². The van der Waals surface area contributed by atoms with E-state index in [-0.39, 0.29) is 17.2 Å². The van der Waals surface area contributed by atoms with Crippen molar-refractivity contribution in [1.29, 1.82) is 0 Å². The van der Waals surface area contributed by atoms with Crippen LogP contribution in [0.4, 0.5) is 0 Å². The highest BCUT2D eigenvalue weighted by Crippen LogP contribution is 2.40. The Labute approximate surface area is 185 Å². The van der Waals surface area contributed by atoms with Crippen molar-refractivity contribution in [2.24, 2.45) is 5.73 Å². The number of imide groups is 1. The lowest BCUT2D eigenvalue weighted by Crippen LogP contribution is -2.57. The van der Waals surface area contributed by atoms with Gasteiger partial charge in [0.1, 0.15) is 0 Å². The van der Waals surface area contributed by atoms with Crippen molar-refractivity contribution < 1.29 is 19.1 Å². The molecule has 3 aromatic rings. The first kappa shape index (κ1) is 21.3. The molecule has 31 heavy (non-hydrogen) atoms. The van der Waals surface area contributed by atoms with Gasteiger partial charge in [0, 0.05) is 10.2 Å². The van der Waals surface area contributed by atoms with Gasteiger partial charge in [0.25, 0.3) is 11.8 Å². The van der Waals surface area contributed by atoms with Crippen molar-refractivity contribution in [1.82, 2.24) is 4.90 Å². The minimum Gasteiger partial charge on any atom is -0.493 e. The van der Waals surface area contributed by atoms with E-state index < -0.39 is 17.5 Å². The summed E-state index contributed by atoms with van der Waals surface area (Å²) in [6.07, 6.45) is 1.39. The van der Waals surface area contributed by atoms with Crippen LogP contribution in [0.15, 0.2) is 41.8 Å². The number of nitrogens with zero attached hydrogens (tertiary/aromatic N) is 1. The molecule has 2 atom stereocenters. The molecule has 6 nitrogen and oxygen atoms in total. The predicted octanol–water partition coefficient (Wildman–Crippen LogP) is 4.25. The fourth-order valence-electron chi connectivity index (χ4n) is 4.15. The minimum atomic E-state index is -0.770. The Morgan fingerprint density at radius 1 is 1.10 bits per heavy atom. The van der Waals surface area contributed by atoms with Gasteiger partial charge in [0.15, 0.2) is 11.5 Å². The van der Waals surface area contributed by atoms with Crippen LogP contribution >= 0.6 is 11.3 Å². The van der Waals surface area contributed by atoms with Gasteiger partial charge in [-0.05, 0) is 61.2 Å². The number of thiophene rings is 1. The van der Waals surface area contributed by atoms with Gasteiger partial charge in [-0.3, -0.25) is 14.5 Å². The lowest BCUT2D eigenvalue weighted by Gasteiger charge is -2.36. The zero-order valence-electron chi connectivity index (χ0n) is 18.1. The van der Waals surface area contributed by atoms with Gasteiger partial charge in [-0.1, -0.05) is 18.2 Å². The van der Waals surface area contributed by atoms with Crippen LogP contribution in [-0.4, -0.2) is 42.5 Å². The fourth-order valence-corrected chi connectivity index (χ4v) is 5.14. The lowest BCUT2D eigenvalue weighted by molar-refractivity contribution is 0.0521. The van der Waals surface area contributed by atoms with Crippen LogP contribution in [0.3, 0.4) is 0 Å². The molecule has 162 valence electrons. The van der Waals surface area contributed by atoms with Crippen molar-refractivity contribution >= 4 is 33.2 Å². The summed E-state index contributed by atoms with van der Waals surface area (Å²) in [5.74, 6) is -0.0692. The average molecular weight is 439 g/mol. The topological polar surface area (TPSA) is 81.9 Å². The van der Waals surface area contributed by atoms with Crippen LogP contribution < -0.4 is 15.2 Å². The zero-order valence-corrected chi connectivity index (χ0v) is 18.9. The zero-order chi connectivity index (χ0) is 22.3. The van der Waals surface area contributed by atoms with E-state index in [0.717, 1.165) is 6.42 Å². The van der Waals surface area contributed by atoms with Crippen LogP contribution in [0.5, 0.6) is 11.5 Å². The van der Waals surface area contributed by atoms with Gasteiger partial charge in [0.05, 0.1) is 31.4 Å². The summed E-state index contributed by atoms with van der Waals surface area (Å²) < 4.78 is 11.9. The highest BCUT2D eigenvalue weighted by atomic mass is 32.1. The number of methoxy groups -OCH3 is 2. The summed E-state index contributed by atoms with van der Waals surface area (Å²) in [4.78, 5) is 27.7. The van der Waals surface area contributed by atoms with Crippen LogP contribution in [-0.2, 0) is 6.42 Å². The maximum Gasteiger partial charge on any atom is 0.265 e. The van der Waals surface area contributed by atoms with Crippen LogP contribution in [0.25, 0.3) is 10.1 Å². The molecule has 0 bridgehead atoms. The Balaban J connectivity index is 1.58. The number of hydrogen-bond acceptors (Lipinski definition) is 6. The number of hydrogen-bond donors (Lipinski definition) is 1. The van der Waals surface area contributed by atoms with Crippen molar-refractivity contribution in [3.05, 3.63) is 58.5 Å². The average Bonchev–Trinajstić information content (AvgIpc) is 3.29. The number of aryl methyl sites for hydroxylation is 1. The second kappa shape index (κ2) is 7.98. The molecule has 4 rings (SSSR count). The minimum absolute atomic E-state index is 0.235. The van der Waals surface area contributed by atoms with Crippen molar-refractivity contribution in [3.63, 3.8) is 0 Å². The number of benzene rings is 2. The van der Waals surface area contributed by atoms with E-state index in [0.29, 0.717) is 17.7 Å². The molecule has 2 heterocycles. The fraction of sp³-hybridized carbons (Fsp3) is 0.333. The van der Waals surface area contributed by atoms with E-state index in [4.69, 9.17) is 15.2 Å². The molecule has 2 N–H and O–H groups in total. The third-order valence-corrected chi connectivity index (χ3v) is 7.28. The lowest BCUT2D eigenvalue weighted by atomic mass is 9.86.